The molecule has 1 aliphatic heterocycles. The molecule has 1 saturated heterocycles. The van der Waals surface area contributed by atoms with Gasteiger partial charge in [0.25, 0.3) is 0 Å². The fraction of sp³-hybridized carbons (Fsp3) is 0.444. The molecule has 0 aliphatic carbocycles. The van der Waals surface area contributed by atoms with Gasteiger partial charge in [0.15, 0.2) is 0 Å². The maximum absolute atomic E-state index is 12.3. The summed E-state index contributed by atoms with van der Waals surface area (Å²) >= 11 is 0. The van der Waals surface area contributed by atoms with E-state index in [9.17, 15) is 14.7 Å². The van der Waals surface area contributed by atoms with Crippen molar-refractivity contribution in [2.24, 2.45) is 4.99 Å². The molecule has 1 aromatic heterocycles. The van der Waals surface area contributed by atoms with Crippen LogP contribution in [0.4, 0.5) is 9.59 Å². The van der Waals surface area contributed by atoms with E-state index in [2.05, 4.69) is 27.4 Å². The number of hydrogen-bond donors (Lipinski definition) is 2. The Morgan fingerprint density at radius 3 is 2.71 bits per heavy atom. The van der Waals surface area contributed by atoms with Gasteiger partial charge in [-0.05, 0) is 69.0 Å². The molecule has 0 radical (unpaired) electrons. The van der Waals surface area contributed by atoms with E-state index >= 15 is 0 Å². The van der Waals surface area contributed by atoms with Crippen LogP contribution in [0, 0.1) is 0 Å². The van der Waals surface area contributed by atoms with E-state index in [0.717, 1.165) is 41.3 Å². The number of carboxylic acid groups (broad SMARTS) is 1. The van der Waals surface area contributed by atoms with Crippen molar-refractivity contribution in [1.82, 2.24) is 20.4 Å². The summed E-state index contributed by atoms with van der Waals surface area (Å²) in [5.74, 6) is 1.41. The van der Waals surface area contributed by atoms with Crippen LogP contribution in [0.3, 0.4) is 0 Å². The van der Waals surface area contributed by atoms with Crippen molar-refractivity contribution in [2.45, 2.75) is 65.0 Å². The molecule has 38 heavy (non-hydrogen) atoms. The van der Waals surface area contributed by atoms with Crippen LogP contribution in [0.15, 0.2) is 45.9 Å². The number of ether oxygens (including phenoxy) is 2. The maximum Gasteiger partial charge on any atom is 0.437 e. The zero-order valence-electron chi connectivity index (χ0n) is 22.1. The lowest BCUT2D eigenvalue weighted by molar-refractivity contribution is 0.0600. The smallest absolute Gasteiger partial charge is 0.437 e. The molecule has 0 spiro atoms. The van der Waals surface area contributed by atoms with Crippen LogP contribution in [-0.4, -0.2) is 57.0 Å². The first-order valence-electron chi connectivity index (χ1n) is 12.7. The monoisotopic (exact) mass is 523 g/mol. The lowest BCUT2D eigenvalue weighted by atomic mass is 10.1. The third-order valence-electron chi connectivity index (χ3n) is 5.90. The Kier molecular flexibility index (Phi) is 8.13. The van der Waals surface area contributed by atoms with Gasteiger partial charge >= 0.3 is 12.2 Å². The predicted molar refractivity (Wildman–Crippen MR) is 141 cm³/mol. The van der Waals surface area contributed by atoms with E-state index in [0.29, 0.717) is 31.3 Å². The second-order valence-corrected chi connectivity index (χ2v) is 10.1. The third kappa shape index (κ3) is 6.78. The van der Waals surface area contributed by atoms with Crippen molar-refractivity contribution in [3.8, 4) is 17.1 Å². The fourth-order valence-corrected chi connectivity index (χ4v) is 4.18. The first kappa shape index (κ1) is 26.9. The molecule has 4 rings (SSSR count). The fourth-order valence-electron chi connectivity index (χ4n) is 4.18. The molecule has 202 valence electrons. The molecule has 0 saturated carbocycles. The van der Waals surface area contributed by atoms with Gasteiger partial charge in [-0.15, -0.1) is 4.99 Å². The third-order valence-corrected chi connectivity index (χ3v) is 5.90. The highest BCUT2D eigenvalue weighted by Gasteiger charge is 2.34. The number of carbonyl (C=O) groups is 2. The minimum Gasteiger partial charge on any atom is -0.494 e. The first-order chi connectivity index (χ1) is 18.1. The molecule has 2 amide bonds. The topological polar surface area (TPSA) is 139 Å². The van der Waals surface area contributed by atoms with Crippen LogP contribution >= 0.6 is 0 Å². The quantitative estimate of drug-likeness (QED) is 0.234. The van der Waals surface area contributed by atoms with Gasteiger partial charge in [0.2, 0.25) is 17.7 Å². The van der Waals surface area contributed by atoms with Crippen molar-refractivity contribution in [3.05, 3.63) is 42.3 Å². The van der Waals surface area contributed by atoms with Crippen LogP contribution in [0.1, 0.15) is 65.3 Å². The van der Waals surface area contributed by atoms with Crippen molar-refractivity contribution in [2.75, 3.05) is 13.2 Å². The molecule has 1 aliphatic rings. The standard InChI is InChI=1S/C27H33N5O6/c1-5-6-14-36-20-12-11-17-15-19(10-9-18(17)16-20)22-28-23(38-31-22)21-8-7-13-32(21)24(29-25(33)34)30-26(35)37-27(2,3)4/h9-12,15-16,21H,5-8,13-14H2,1-4H3,(H,33,34)(H,29,30,35)/t21-/m0/s1. The van der Waals surface area contributed by atoms with E-state index in [1.807, 2.05) is 36.4 Å². The van der Waals surface area contributed by atoms with Crippen LogP contribution in [0.5, 0.6) is 5.75 Å². The number of aliphatic imine (C=N–C) groups is 1. The minimum atomic E-state index is -1.35. The molecule has 2 heterocycles. The van der Waals surface area contributed by atoms with Gasteiger partial charge in [-0.3, -0.25) is 5.32 Å². The van der Waals surface area contributed by atoms with Gasteiger partial charge in [0.1, 0.15) is 17.4 Å². The number of carbonyl (C=O) groups excluding carboxylic acids is 1. The number of aromatic nitrogens is 2. The lowest BCUT2D eigenvalue weighted by Gasteiger charge is -2.25. The zero-order chi connectivity index (χ0) is 27.3. The van der Waals surface area contributed by atoms with Crippen molar-refractivity contribution in [1.29, 1.82) is 0 Å². The molecule has 1 fully saturated rings. The Morgan fingerprint density at radius 2 is 1.97 bits per heavy atom. The number of unbranched alkanes of at least 4 members (excludes halogenated alkanes) is 1. The predicted octanol–water partition coefficient (Wildman–Crippen LogP) is 5.76. The summed E-state index contributed by atoms with van der Waals surface area (Å²) in [6.45, 7) is 8.38. The van der Waals surface area contributed by atoms with E-state index in [1.54, 1.807) is 25.7 Å². The molecule has 2 aromatic carbocycles. The molecular weight excluding hydrogens is 490 g/mol. The Bertz CT molecular complexity index is 1330. The molecule has 0 bridgehead atoms. The second kappa shape index (κ2) is 11.5. The Balaban J connectivity index is 1.55. The van der Waals surface area contributed by atoms with Gasteiger partial charge in [0.05, 0.1) is 6.61 Å². The van der Waals surface area contributed by atoms with Crippen molar-refractivity contribution < 1.29 is 28.7 Å². The normalized spacial score (nSPS) is 16.1. The number of fused-ring (bicyclic) bond motifs is 1. The van der Waals surface area contributed by atoms with E-state index in [4.69, 9.17) is 14.0 Å². The number of benzene rings is 2. The van der Waals surface area contributed by atoms with Crippen molar-refractivity contribution >= 4 is 28.9 Å². The van der Waals surface area contributed by atoms with Crippen LogP contribution in [-0.2, 0) is 4.74 Å². The van der Waals surface area contributed by atoms with E-state index in [-0.39, 0.29) is 5.96 Å². The van der Waals surface area contributed by atoms with E-state index in [1.165, 1.54) is 0 Å². The average Bonchev–Trinajstić information content (AvgIpc) is 3.52. The summed E-state index contributed by atoms with van der Waals surface area (Å²) in [4.78, 5) is 33.8. The average molecular weight is 524 g/mol. The zero-order valence-corrected chi connectivity index (χ0v) is 22.1. The summed E-state index contributed by atoms with van der Waals surface area (Å²) in [6.07, 6.45) is 1.18. The van der Waals surface area contributed by atoms with Gasteiger partial charge in [-0.25, -0.2) is 9.59 Å². The summed E-state index contributed by atoms with van der Waals surface area (Å²) in [7, 11) is 0. The number of amides is 2. The second-order valence-electron chi connectivity index (χ2n) is 10.1. The van der Waals surface area contributed by atoms with Gasteiger partial charge in [-0.2, -0.15) is 4.98 Å². The first-order valence-corrected chi connectivity index (χ1v) is 12.7. The van der Waals surface area contributed by atoms with Crippen LogP contribution in [0.25, 0.3) is 22.2 Å². The number of hydrogen-bond acceptors (Lipinski definition) is 7. The van der Waals surface area contributed by atoms with Gasteiger partial charge < -0.3 is 24.0 Å². The summed E-state index contributed by atoms with van der Waals surface area (Å²) < 4.78 is 16.6. The lowest BCUT2D eigenvalue weighted by Crippen LogP contribution is -2.44. The molecular formula is C27H33N5O6. The summed E-state index contributed by atoms with van der Waals surface area (Å²) in [5, 5.41) is 17.7. The van der Waals surface area contributed by atoms with Gasteiger partial charge in [-0.1, -0.05) is 36.7 Å². The molecule has 1 atom stereocenters. The van der Waals surface area contributed by atoms with E-state index < -0.39 is 23.8 Å². The summed E-state index contributed by atoms with van der Waals surface area (Å²) in [5.41, 5.74) is 0.00697. The van der Waals surface area contributed by atoms with Crippen LogP contribution < -0.4 is 10.1 Å². The maximum atomic E-state index is 12.3. The molecule has 3 aromatic rings. The SMILES string of the molecule is CCCCOc1ccc2cc(-c3noc([C@@H]4CCCN4C(=NC(=O)OC(C)(C)C)NC(=O)O)n3)ccc2c1. The molecule has 11 heteroatoms. The molecule has 0 unspecified atom stereocenters. The minimum absolute atomic E-state index is 0.142. The number of nitrogens with one attached hydrogen (secondary N) is 1. The van der Waals surface area contributed by atoms with Crippen molar-refractivity contribution in [3.63, 3.8) is 0 Å². The van der Waals surface area contributed by atoms with Crippen LogP contribution in [0.2, 0.25) is 0 Å². The highest BCUT2D eigenvalue weighted by molar-refractivity contribution is 5.98. The highest BCUT2D eigenvalue weighted by atomic mass is 16.6. The summed E-state index contributed by atoms with van der Waals surface area (Å²) in [6, 6.07) is 11.4. The Hall–Kier alpha value is -4.15. The number of nitrogens with zero attached hydrogens (tertiary/aromatic N) is 4. The number of rotatable bonds is 6. The number of guanidine groups is 1. The number of likely N-dealkylation sites (tertiary alicyclic amines) is 1. The highest BCUT2D eigenvalue weighted by Crippen LogP contribution is 2.33. The molecule has 2 N–H and O–H groups in total. The van der Waals surface area contributed by atoms with Gasteiger partial charge in [0, 0.05) is 12.1 Å². The Labute approximate surface area is 220 Å². The largest absolute Gasteiger partial charge is 0.494 e. The molecule has 11 nitrogen and oxygen atoms in total. The Morgan fingerprint density at radius 1 is 1.21 bits per heavy atom.